The maximum Gasteiger partial charge on any atom is 0.241 e. The van der Waals surface area contributed by atoms with E-state index in [2.05, 4.69) is 43.5 Å². The highest BCUT2D eigenvalue weighted by atomic mass is 35.5. The Hall–Kier alpha value is -1.06. The smallest absolute Gasteiger partial charge is 0.241 e. The van der Waals surface area contributed by atoms with Crippen LogP contribution in [0.15, 0.2) is 24.3 Å². The van der Waals surface area contributed by atoms with E-state index >= 15 is 0 Å². The fourth-order valence-electron chi connectivity index (χ4n) is 2.36. The zero-order valence-corrected chi connectivity index (χ0v) is 13.3. The average molecular weight is 297 g/mol. The Balaban J connectivity index is 0.00000200. The Morgan fingerprint density at radius 3 is 2.35 bits per heavy atom. The molecular formula is C16H25ClN2O. The van der Waals surface area contributed by atoms with Gasteiger partial charge in [-0.05, 0) is 42.5 Å². The molecule has 1 aromatic carbocycles. The molecule has 20 heavy (non-hydrogen) atoms. The van der Waals surface area contributed by atoms with Gasteiger partial charge in [0.25, 0.3) is 0 Å². The molecule has 1 aliphatic rings. The molecule has 0 aliphatic carbocycles. The lowest BCUT2D eigenvalue weighted by atomic mass is 9.87. The molecule has 0 saturated carbocycles. The summed E-state index contributed by atoms with van der Waals surface area (Å²) in [6, 6.07) is 8.12. The Kier molecular flexibility index (Phi) is 6.03. The Labute approximate surface area is 127 Å². The SMILES string of the molecule is CC(C)(C)c1ccc(NC(=O)C2CCCCN2)cc1.Cl. The van der Waals surface area contributed by atoms with Crippen LogP contribution in [0.1, 0.15) is 45.6 Å². The van der Waals surface area contributed by atoms with Gasteiger partial charge in [0, 0.05) is 5.69 Å². The number of anilines is 1. The molecular weight excluding hydrogens is 272 g/mol. The van der Waals surface area contributed by atoms with Crippen LogP contribution in [0.25, 0.3) is 0 Å². The summed E-state index contributed by atoms with van der Waals surface area (Å²) in [6.07, 6.45) is 3.24. The summed E-state index contributed by atoms with van der Waals surface area (Å²) in [6.45, 7) is 7.51. The van der Waals surface area contributed by atoms with Crippen molar-refractivity contribution in [3.8, 4) is 0 Å². The maximum atomic E-state index is 12.1. The minimum Gasteiger partial charge on any atom is -0.325 e. The zero-order valence-electron chi connectivity index (χ0n) is 12.5. The third kappa shape index (κ3) is 4.50. The van der Waals surface area contributed by atoms with E-state index in [9.17, 15) is 4.79 Å². The fourth-order valence-corrected chi connectivity index (χ4v) is 2.36. The van der Waals surface area contributed by atoms with Crippen molar-refractivity contribution in [1.82, 2.24) is 5.32 Å². The molecule has 112 valence electrons. The second kappa shape index (κ2) is 7.09. The van der Waals surface area contributed by atoms with Gasteiger partial charge in [0.2, 0.25) is 5.91 Å². The van der Waals surface area contributed by atoms with Gasteiger partial charge in [-0.25, -0.2) is 0 Å². The fraction of sp³-hybridized carbons (Fsp3) is 0.562. The molecule has 1 atom stereocenters. The Morgan fingerprint density at radius 1 is 1.20 bits per heavy atom. The van der Waals surface area contributed by atoms with Gasteiger partial charge in [0.1, 0.15) is 0 Å². The quantitative estimate of drug-likeness (QED) is 0.877. The van der Waals surface area contributed by atoms with E-state index in [0.29, 0.717) is 0 Å². The molecule has 2 rings (SSSR count). The summed E-state index contributed by atoms with van der Waals surface area (Å²) in [7, 11) is 0. The van der Waals surface area contributed by atoms with E-state index in [0.717, 1.165) is 25.1 Å². The number of rotatable bonds is 2. The highest BCUT2D eigenvalue weighted by Crippen LogP contribution is 2.23. The van der Waals surface area contributed by atoms with Gasteiger partial charge < -0.3 is 10.6 Å². The van der Waals surface area contributed by atoms with Gasteiger partial charge in [-0.2, -0.15) is 0 Å². The monoisotopic (exact) mass is 296 g/mol. The molecule has 4 heteroatoms. The van der Waals surface area contributed by atoms with Gasteiger partial charge >= 0.3 is 0 Å². The summed E-state index contributed by atoms with van der Waals surface area (Å²) < 4.78 is 0. The largest absolute Gasteiger partial charge is 0.325 e. The summed E-state index contributed by atoms with van der Waals surface area (Å²) >= 11 is 0. The molecule has 1 aliphatic heterocycles. The van der Waals surface area contributed by atoms with E-state index in [4.69, 9.17) is 0 Å². The van der Waals surface area contributed by atoms with Crippen LogP contribution in [0.5, 0.6) is 0 Å². The van der Waals surface area contributed by atoms with Crippen molar-refractivity contribution in [2.45, 2.75) is 51.5 Å². The number of halogens is 1. The van der Waals surface area contributed by atoms with Crippen molar-refractivity contribution >= 4 is 24.0 Å². The topological polar surface area (TPSA) is 41.1 Å². The standard InChI is InChI=1S/C16H24N2O.ClH/c1-16(2,3)12-7-9-13(10-8-12)18-15(19)14-6-4-5-11-17-14;/h7-10,14,17H,4-6,11H2,1-3H3,(H,18,19);1H. The molecule has 0 spiro atoms. The third-order valence-electron chi connectivity index (χ3n) is 3.65. The van der Waals surface area contributed by atoms with Crippen LogP contribution < -0.4 is 10.6 Å². The minimum absolute atomic E-state index is 0. The molecule has 0 radical (unpaired) electrons. The van der Waals surface area contributed by atoms with Crippen molar-refractivity contribution in [2.24, 2.45) is 0 Å². The van der Waals surface area contributed by atoms with Gasteiger partial charge in [-0.15, -0.1) is 12.4 Å². The number of carbonyl (C=O) groups is 1. The minimum atomic E-state index is -0.0314. The van der Waals surface area contributed by atoms with Crippen LogP contribution in [-0.2, 0) is 10.2 Å². The number of piperidine rings is 1. The Bertz CT molecular complexity index is 431. The summed E-state index contributed by atoms with van der Waals surface area (Å²) in [4.78, 5) is 12.1. The first-order chi connectivity index (χ1) is 8.97. The van der Waals surface area contributed by atoms with Gasteiger partial charge in [0.05, 0.1) is 6.04 Å². The molecule has 3 nitrogen and oxygen atoms in total. The number of amides is 1. The number of hydrogen-bond acceptors (Lipinski definition) is 2. The molecule has 2 N–H and O–H groups in total. The average Bonchev–Trinajstić information content (AvgIpc) is 2.39. The number of carbonyl (C=O) groups excluding carboxylic acids is 1. The number of nitrogens with one attached hydrogen (secondary N) is 2. The predicted molar refractivity (Wildman–Crippen MR) is 86.7 cm³/mol. The summed E-state index contributed by atoms with van der Waals surface area (Å²) in [5, 5.41) is 6.25. The van der Waals surface area contributed by atoms with E-state index < -0.39 is 0 Å². The van der Waals surface area contributed by atoms with Gasteiger partial charge in [0.15, 0.2) is 0 Å². The normalized spacial score (nSPS) is 19.1. The van der Waals surface area contributed by atoms with Crippen LogP contribution in [0.4, 0.5) is 5.69 Å². The second-order valence-corrected chi connectivity index (χ2v) is 6.32. The van der Waals surface area contributed by atoms with Crippen LogP contribution in [0.3, 0.4) is 0 Å². The first-order valence-corrected chi connectivity index (χ1v) is 7.11. The number of benzene rings is 1. The van der Waals surface area contributed by atoms with E-state index in [1.807, 2.05) is 12.1 Å². The van der Waals surface area contributed by atoms with Crippen LogP contribution in [-0.4, -0.2) is 18.5 Å². The zero-order chi connectivity index (χ0) is 13.9. The van der Waals surface area contributed by atoms with Crippen molar-refractivity contribution in [3.05, 3.63) is 29.8 Å². The lowest BCUT2D eigenvalue weighted by Gasteiger charge is -2.23. The Morgan fingerprint density at radius 2 is 1.85 bits per heavy atom. The lowest BCUT2D eigenvalue weighted by Crippen LogP contribution is -2.43. The van der Waals surface area contributed by atoms with E-state index in [1.54, 1.807) is 0 Å². The molecule has 0 bridgehead atoms. The van der Waals surface area contributed by atoms with Crippen LogP contribution in [0.2, 0.25) is 0 Å². The van der Waals surface area contributed by atoms with Crippen LogP contribution >= 0.6 is 12.4 Å². The van der Waals surface area contributed by atoms with Crippen molar-refractivity contribution in [3.63, 3.8) is 0 Å². The summed E-state index contributed by atoms with van der Waals surface area (Å²) in [5.74, 6) is 0.0863. The maximum absolute atomic E-state index is 12.1. The summed E-state index contributed by atoms with van der Waals surface area (Å²) in [5.41, 5.74) is 2.31. The van der Waals surface area contributed by atoms with Crippen LogP contribution in [0, 0.1) is 0 Å². The molecule has 1 aromatic rings. The molecule has 1 fully saturated rings. The third-order valence-corrected chi connectivity index (χ3v) is 3.65. The van der Waals surface area contributed by atoms with Crippen molar-refractivity contribution in [1.29, 1.82) is 0 Å². The lowest BCUT2D eigenvalue weighted by molar-refractivity contribution is -0.118. The molecule has 1 saturated heterocycles. The van der Waals surface area contributed by atoms with Gasteiger partial charge in [-0.1, -0.05) is 39.3 Å². The molecule has 1 amide bonds. The van der Waals surface area contributed by atoms with Crippen molar-refractivity contribution < 1.29 is 4.79 Å². The molecule has 1 heterocycles. The molecule has 1 unspecified atom stereocenters. The predicted octanol–water partition coefficient (Wildman–Crippen LogP) is 3.49. The van der Waals surface area contributed by atoms with E-state index in [1.165, 1.54) is 12.0 Å². The van der Waals surface area contributed by atoms with E-state index in [-0.39, 0.29) is 29.8 Å². The van der Waals surface area contributed by atoms with Crippen molar-refractivity contribution in [2.75, 3.05) is 11.9 Å². The second-order valence-electron chi connectivity index (χ2n) is 6.32. The highest BCUT2D eigenvalue weighted by molar-refractivity contribution is 5.94. The van der Waals surface area contributed by atoms with Gasteiger partial charge in [-0.3, -0.25) is 4.79 Å². The molecule has 0 aromatic heterocycles. The first-order valence-electron chi connectivity index (χ1n) is 7.11. The number of hydrogen-bond donors (Lipinski definition) is 2. The highest BCUT2D eigenvalue weighted by Gasteiger charge is 2.20. The first kappa shape index (κ1) is 17.0.